The standard InChI is InChI=1S/C12H16BrClN2O2S.ClH/c1-15-9-4-3-7-16(8-9)19(17,18)12-10(13)5-2-6-11(12)14;/h2,5-6,9,15H,3-4,7-8H2,1H3;1H. The zero-order valence-corrected chi connectivity index (χ0v) is 14.9. The quantitative estimate of drug-likeness (QED) is 0.843. The summed E-state index contributed by atoms with van der Waals surface area (Å²) < 4.78 is 27.4. The smallest absolute Gasteiger partial charge is 0.245 e. The summed E-state index contributed by atoms with van der Waals surface area (Å²) in [6.07, 6.45) is 1.85. The van der Waals surface area contributed by atoms with Gasteiger partial charge in [0.15, 0.2) is 0 Å². The Bertz CT molecular complexity index is 548. The maximum Gasteiger partial charge on any atom is 0.245 e. The van der Waals surface area contributed by atoms with Crippen molar-refractivity contribution in [2.45, 2.75) is 23.8 Å². The van der Waals surface area contributed by atoms with Crippen LogP contribution in [0.4, 0.5) is 0 Å². The largest absolute Gasteiger partial charge is 0.316 e. The third kappa shape index (κ3) is 3.67. The van der Waals surface area contributed by atoms with Gasteiger partial charge in [0.1, 0.15) is 4.90 Å². The number of hydrogen-bond acceptors (Lipinski definition) is 3. The summed E-state index contributed by atoms with van der Waals surface area (Å²) in [6, 6.07) is 5.21. The molecule has 0 aliphatic carbocycles. The van der Waals surface area contributed by atoms with Gasteiger partial charge in [-0.25, -0.2) is 8.42 Å². The Morgan fingerprint density at radius 3 is 2.75 bits per heavy atom. The van der Waals surface area contributed by atoms with Crippen molar-refractivity contribution in [2.75, 3.05) is 20.1 Å². The zero-order chi connectivity index (χ0) is 14.0. The van der Waals surface area contributed by atoms with E-state index in [1.165, 1.54) is 4.31 Å². The molecule has 0 aromatic heterocycles. The summed E-state index contributed by atoms with van der Waals surface area (Å²) >= 11 is 9.33. The van der Waals surface area contributed by atoms with E-state index in [0.717, 1.165) is 12.8 Å². The molecule has 8 heteroatoms. The Hall–Kier alpha value is 0.150. The highest BCUT2D eigenvalue weighted by Gasteiger charge is 2.32. The molecule has 1 saturated heterocycles. The summed E-state index contributed by atoms with van der Waals surface area (Å²) in [5.74, 6) is 0. The van der Waals surface area contributed by atoms with Crippen LogP contribution in [0.15, 0.2) is 27.6 Å². The molecule has 1 N–H and O–H groups in total. The van der Waals surface area contributed by atoms with Crippen molar-refractivity contribution in [3.63, 3.8) is 0 Å². The van der Waals surface area contributed by atoms with Crippen LogP contribution in [0.25, 0.3) is 0 Å². The SMILES string of the molecule is CNC1CCCN(S(=O)(=O)c2c(Cl)cccc2Br)C1.Cl. The molecule has 0 saturated carbocycles. The van der Waals surface area contributed by atoms with Gasteiger partial charge in [0.2, 0.25) is 10.0 Å². The minimum atomic E-state index is -3.55. The van der Waals surface area contributed by atoms with Crippen LogP contribution in [0.5, 0.6) is 0 Å². The highest BCUT2D eigenvalue weighted by atomic mass is 79.9. The van der Waals surface area contributed by atoms with Gasteiger partial charge in [0.05, 0.1) is 5.02 Å². The molecule has 1 unspecified atom stereocenters. The van der Waals surface area contributed by atoms with Gasteiger partial charge in [0, 0.05) is 23.6 Å². The average Bonchev–Trinajstić information content (AvgIpc) is 2.38. The molecule has 1 aliphatic heterocycles. The van der Waals surface area contributed by atoms with E-state index < -0.39 is 10.0 Å². The summed E-state index contributed by atoms with van der Waals surface area (Å²) in [7, 11) is -1.70. The molecule has 1 heterocycles. The molecule has 1 aromatic carbocycles. The third-order valence-corrected chi connectivity index (χ3v) is 6.63. The molecular weight excluding hydrogens is 387 g/mol. The minimum absolute atomic E-state index is 0. The molecule has 1 fully saturated rings. The van der Waals surface area contributed by atoms with E-state index in [1.54, 1.807) is 18.2 Å². The van der Waals surface area contributed by atoms with Gasteiger partial charge < -0.3 is 5.32 Å². The second-order valence-electron chi connectivity index (χ2n) is 4.54. The van der Waals surface area contributed by atoms with Crippen LogP contribution >= 0.6 is 39.9 Å². The number of nitrogens with zero attached hydrogens (tertiary/aromatic N) is 1. The van der Waals surface area contributed by atoms with Crippen LogP contribution in [0, 0.1) is 0 Å². The van der Waals surface area contributed by atoms with Gasteiger partial charge >= 0.3 is 0 Å². The Morgan fingerprint density at radius 1 is 1.45 bits per heavy atom. The Kier molecular flexibility index (Phi) is 6.76. The maximum atomic E-state index is 12.7. The third-order valence-electron chi connectivity index (χ3n) is 3.31. The van der Waals surface area contributed by atoms with E-state index in [4.69, 9.17) is 11.6 Å². The van der Waals surface area contributed by atoms with Gasteiger partial charge in [-0.2, -0.15) is 4.31 Å². The Morgan fingerprint density at radius 2 is 2.15 bits per heavy atom. The number of likely N-dealkylation sites (N-methyl/N-ethyl adjacent to an activating group) is 1. The highest BCUT2D eigenvalue weighted by molar-refractivity contribution is 9.10. The van der Waals surface area contributed by atoms with E-state index in [9.17, 15) is 8.42 Å². The van der Waals surface area contributed by atoms with Crippen molar-refractivity contribution in [3.05, 3.63) is 27.7 Å². The number of halogens is 3. The van der Waals surface area contributed by atoms with E-state index in [2.05, 4.69) is 21.2 Å². The van der Waals surface area contributed by atoms with Crippen molar-refractivity contribution in [3.8, 4) is 0 Å². The molecular formula is C12H17BrCl2N2O2S. The minimum Gasteiger partial charge on any atom is -0.316 e. The van der Waals surface area contributed by atoms with Crippen molar-refractivity contribution < 1.29 is 8.42 Å². The predicted octanol–water partition coefficient (Wildman–Crippen LogP) is 2.90. The first-order valence-electron chi connectivity index (χ1n) is 6.08. The fourth-order valence-corrected chi connectivity index (χ4v) is 5.45. The molecule has 2 rings (SSSR count). The lowest BCUT2D eigenvalue weighted by atomic mass is 10.1. The summed E-state index contributed by atoms with van der Waals surface area (Å²) in [5.41, 5.74) is 0. The molecule has 1 atom stereocenters. The zero-order valence-electron chi connectivity index (χ0n) is 11.0. The first kappa shape index (κ1) is 18.2. The average molecular weight is 404 g/mol. The van der Waals surface area contributed by atoms with Crippen molar-refractivity contribution in [1.29, 1.82) is 0 Å². The van der Waals surface area contributed by atoms with Crippen molar-refractivity contribution in [1.82, 2.24) is 9.62 Å². The predicted molar refractivity (Wildman–Crippen MR) is 87.2 cm³/mol. The van der Waals surface area contributed by atoms with Crippen molar-refractivity contribution in [2.24, 2.45) is 0 Å². The van der Waals surface area contributed by atoms with E-state index in [0.29, 0.717) is 17.6 Å². The van der Waals surface area contributed by atoms with E-state index in [-0.39, 0.29) is 28.4 Å². The van der Waals surface area contributed by atoms with Crippen LogP contribution in [-0.2, 0) is 10.0 Å². The number of hydrogen-bond donors (Lipinski definition) is 1. The highest BCUT2D eigenvalue weighted by Crippen LogP contribution is 2.32. The number of rotatable bonds is 3. The molecule has 0 spiro atoms. The second-order valence-corrected chi connectivity index (χ2v) is 7.68. The molecule has 0 amide bonds. The number of benzene rings is 1. The van der Waals surface area contributed by atoms with Crippen LogP contribution in [0.3, 0.4) is 0 Å². The van der Waals surface area contributed by atoms with Crippen molar-refractivity contribution >= 4 is 50.0 Å². The van der Waals surface area contributed by atoms with Gasteiger partial charge in [0.25, 0.3) is 0 Å². The fraction of sp³-hybridized carbons (Fsp3) is 0.500. The Labute approximate surface area is 139 Å². The van der Waals surface area contributed by atoms with Crippen LogP contribution in [-0.4, -0.2) is 38.9 Å². The summed E-state index contributed by atoms with van der Waals surface area (Å²) in [4.78, 5) is 0.161. The molecule has 0 bridgehead atoms. The van der Waals surface area contributed by atoms with Gasteiger partial charge in [-0.3, -0.25) is 0 Å². The van der Waals surface area contributed by atoms with Gasteiger partial charge in [-0.05, 0) is 48.0 Å². The molecule has 20 heavy (non-hydrogen) atoms. The molecule has 4 nitrogen and oxygen atoms in total. The molecule has 1 aliphatic rings. The van der Waals surface area contributed by atoms with Crippen LogP contribution in [0.1, 0.15) is 12.8 Å². The number of nitrogens with one attached hydrogen (secondary N) is 1. The number of sulfonamides is 1. The van der Waals surface area contributed by atoms with Gasteiger partial charge in [-0.15, -0.1) is 12.4 Å². The molecule has 114 valence electrons. The lowest BCUT2D eigenvalue weighted by molar-refractivity contribution is 0.293. The van der Waals surface area contributed by atoms with Crippen LogP contribution < -0.4 is 5.32 Å². The van der Waals surface area contributed by atoms with Crippen LogP contribution in [0.2, 0.25) is 5.02 Å². The lowest BCUT2D eigenvalue weighted by Crippen LogP contribution is -2.46. The topological polar surface area (TPSA) is 49.4 Å². The first-order chi connectivity index (χ1) is 8.96. The van der Waals surface area contributed by atoms with E-state index >= 15 is 0 Å². The van der Waals surface area contributed by atoms with E-state index in [1.807, 2.05) is 7.05 Å². The number of piperidine rings is 1. The summed E-state index contributed by atoms with van der Waals surface area (Å²) in [6.45, 7) is 1.02. The monoisotopic (exact) mass is 402 g/mol. The normalized spacial score (nSPS) is 20.4. The first-order valence-corrected chi connectivity index (χ1v) is 8.69. The Balaban J connectivity index is 0.00000200. The lowest BCUT2D eigenvalue weighted by Gasteiger charge is -2.32. The maximum absolute atomic E-state index is 12.7. The van der Waals surface area contributed by atoms with Gasteiger partial charge in [-0.1, -0.05) is 17.7 Å². The summed E-state index contributed by atoms with van der Waals surface area (Å²) in [5, 5.41) is 3.39. The fourth-order valence-electron chi connectivity index (χ4n) is 2.25. The second kappa shape index (κ2) is 7.42. The molecule has 1 aromatic rings. The molecule has 0 radical (unpaired) electrons.